The molecule has 0 spiro atoms. The number of benzene rings is 1. The SMILES string of the molecule is Cc1ccc(-c2ccc(=O)n(CCCC(=O)N3CCN(C(=O)c4ccco4)CC3)n2)cc1. The number of carbonyl (C=O) groups is 2. The van der Waals surface area contributed by atoms with Crippen molar-refractivity contribution in [1.82, 2.24) is 19.6 Å². The first-order valence-electron chi connectivity index (χ1n) is 10.8. The molecular weight excluding hydrogens is 408 g/mol. The molecule has 8 nitrogen and oxygen atoms in total. The predicted molar refractivity (Wildman–Crippen MR) is 119 cm³/mol. The summed E-state index contributed by atoms with van der Waals surface area (Å²) >= 11 is 0. The van der Waals surface area contributed by atoms with Crippen LogP contribution in [0.25, 0.3) is 11.3 Å². The van der Waals surface area contributed by atoms with E-state index in [4.69, 9.17) is 4.42 Å². The largest absolute Gasteiger partial charge is 0.459 e. The predicted octanol–water partition coefficient (Wildman–Crippen LogP) is 2.58. The number of furan rings is 1. The highest BCUT2D eigenvalue weighted by molar-refractivity contribution is 5.91. The van der Waals surface area contributed by atoms with Gasteiger partial charge in [-0.2, -0.15) is 5.10 Å². The van der Waals surface area contributed by atoms with Crippen molar-refractivity contribution in [2.75, 3.05) is 26.2 Å². The number of hydrogen-bond acceptors (Lipinski definition) is 5. The van der Waals surface area contributed by atoms with Crippen molar-refractivity contribution < 1.29 is 14.0 Å². The van der Waals surface area contributed by atoms with Crippen LogP contribution in [0.1, 0.15) is 29.0 Å². The fraction of sp³-hybridized carbons (Fsp3) is 0.333. The van der Waals surface area contributed by atoms with E-state index < -0.39 is 0 Å². The lowest BCUT2D eigenvalue weighted by Crippen LogP contribution is -2.50. The van der Waals surface area contributed by atoms with Crippen LogP contribution in [0.15, 0.2) is 64.0 Å². The van der Waals surface area contributed by atoms with E-state index in [-0.39, 0.29) is 17.4 Å². The number of aromatic nitrogens is 2. The van der Waals surface area contributed by atoms with Crippen molar-refractivity contribution in [3.05, 3.63) is 76.5 Å². The molecule has 3 aromatic rings. The van der Waals surface area contributed by atoms with Crippen molar-refractivity contribution in [3.63, 3.8) is 0 Å². The lowest BCUT2D eigenvalue weighted by Gasteiger charge is -2.34. The van der Waals surface area contributed by atoms with Gasteiger partial charge in [0.15, 0.2) is 5.76 Å². The number of piperazine rings is 1. The molecule has 0 N–H and O–H groups in total. The van der Waals surface area contributed by atoms with E-state index in [9.17, 15) is 14.4 Å². The molecule has 0 aliphatic carbocycles. The van der Waals surface area contributed by atoms with Crippen molar-refractivity contribution in [1.29, 1.82) is 0 Å². The lowest BCUT2D eigenvalue weighted by molar-refractivity contribution is -0.132. The standard InChI is InChI=1S/C24H26N4O4/c1-18-6-8-19(9-7-18)20-10-11-23(30)28(25-20)12-2-5-22(29)26-13-15-27(16-14-26)24(31)21-4-3-17-32-21/h3-4,6-11,17H,2,5,12-16H2,1H3. The Morgan fingerprint density at radius 3 is 2.38 bits per heavy atom. The Bertz CT molecular complexity index is 1130. The molecule has 0 unspecified atom stereocenters. The van der Waals surface area contributed by atoms with Gasteiger partial charge in [0.1, 0.15) is 0 Å². The Balaban J connectivity index is 1.28. The van der Waals surface area contributed by atoms with Crippen molar-refractivity contribution in [2.45, 2.75) is 26.3 Å². The molecule has 1 saturated heterocycles. The van der Waals surface area contributed by atoms with Gasteiger partial charge in [-0.3, -0.25) is 14.4 Å². The van der Waals surface area contributed by atoms with Gasteiger partial charge in [0, 0.05) is 50.8 Å². The minimum absolute atomic E-state index is 0.0258. The summed E-state index contributed by atoms with van der Waals surface area (Å²) in [4.78, 5) is 40.6. The molecule has 2 aromatic heterocycles. The smallest absolute Gasteiger partial charge is 0.289 e. The zero-order chi connectivity index (χ0) is 22.5. The van der Waals surface area contributed by atoms with Gasteiger partial charge in [-0.25, -0.2) is 4.68 Å². The second kappa shape index (κ2) is 9.64. The van der Waals surface area contributed by atoms with Gasteiger partial charge in [0.25, 0.3) is 11.5 Å². The van der Waals surface area contributed by atoms with E-state index in [0.29, 0.717) is 51.3 Å². The quantitative estimate of drug-likeness (QED) is 0.595. The van der Waals surface area contributed by atoms with Gasteiger partial charge in [-0.1, -0.05) is 29.8 Å². The first-order chi connectivity index (χ1) is 15.5. The summed E-state index contributed by atoms with van der Waals surface area (Å²) in [5.74, 6) is 0.189. The van der Waals surface area contributed by atoms with Crippen molar-refractivity contribution in [2.24, 2.45) is 0 Å². The van der Waals surface area contributed by atoms with Crippen LogP contribution in [-0.4, -0.2) is 57.6 Å². The molecule has 0 radical (unpaired) electrons. The average Bonchev–Trinajstić information content (AvgIpc) is 3.35. The molecule has 1 aliphatic heterocycles. The average molecular weight is 434 g/mol. The van der Waals surface area contributed by atoms with Crippen molar-refractivity contribution in [3.8, 4) is 11.3 Å². The van der Waals surface area contributed by atoms with E-state index in [0.717, 1.165) is 16.8 Å². The zero-order valence-corrected chi connectivity index (χ0v) is 18.1. The monoisotopic (exact) mass is 434 g/mol. The van der Waals surface area contributed by atoms with Crippen LogP contribution in [0.4, 0.5) is 0 Å². The first-order valence-corrected chi connectivity index (χ1v) is 10.8. The third-order valence-electron chi connectivity index (χ3n) is 5.63. The first kappa shape index (κ1) is 21.5. The molecule has 3 heterocycles. The van der Waals surface area contributed by atoms with Crippen LogP contribution in [0.2, 0.25) is 0 Å². The number of carbonyl (C=O) groups excluding carboxylic acids is 2. The van der Waals surface area contributed by atoms with E-state index in [1.54, 1.807) is 28.0 Å². The summed E-state index contributed by atoms with van der Waals surface area (Å²) in [6.45, 7) is 4.34. The van der Waals surface area contributed by atoms with Gasteiger partial charge in [-0.05, 0) is 31.5 Å². The van der Waals surface area contributed by atoms with Crippen molar-refractivity contribution >= 4 is 11.8 Å². The fourth-order valence-electron chi connectivity index (χ4n) is 3.74. The Kier molecular flexibility index (Phi) is 6.49. The Labute approximate surface area is 186 Å². The summed E-state index contributed by atoms with van der Waals surface area (Å²) in [6, 6.07) is 14.5. The maximum atomic E-state index is 12.6. The molecule has 32 heavy (non-hydrogen) atoms. The number of amides is 2. The van der Waals surface area contributed by atoms with E-state index in [1.165, 1.54) is 17.0 Å². The Morgan fingerprint density at radius 1 is 0.969 bits per heavy atom. The summed E-state index contributed by atoms with van der Waals surface area (Å²) in [7, 11) is 0. The molecule has 8 heteroatoms. The van der Waals surface area contributed by atoms with Gasteiger partial charge < -0.3 is 14.2 Å². The third-order valence-corrected chi connectivity index (χ3v) is 5.63. The molecule has 1 aliphatic rings. The second-order valence-electron chi connectivity index (χ2n) is 7.90. The lowest BCUT2D eigenvalue weighted by atomic mass is 10.1. The van der Waals surface area contributed by atoms with Crippen LogP contribution in [-0.2, 0) is 11.3 Å². The molecule has 2 amide bonds. The molecule has 0 bridgehead atoms. The summed E-state index contributed by atoms with van der Waals surface area (Å²) < 4.78 is 6.58. The van der Waals surface area contributed by atoms with Crippen LogP contribution >= 0.6 is 0 Å². The Hall–Kier alpha value is -3.68. The molecule has 0 saturated carbocycles. The summed E-state index contributed by atoms with van der Waals surface area (Å²) in [6.07, 6.45) is 2.33. The van der Waals surface area contributed by atoms with Crippen LogP contribution in [0.5, 0.6) is 0 Å². The van der Waals surface area contributed by atoms with Gasteiger partial charge in [0.05, 0.1) is 12.0 Å². The van der Waals surface area contributed by atoms with Gasteiger partial charge >= 0.3 is 0 Å². The summed E-state index contributed by atoms with van der Waals surface area (Å²) in [5, 5.41) is 4.46. The highest BCUT2D eigenvalue weighted by Crippen LogP contribution is 2.16. The normalized spacial score (nSPS) is 13.9. The fourth-order valence-corrected chi connectivity index (χ4v) is 3.74. The number of hydrogen-bond donors (Lipinski definition) is 0. The molecule has 166 valence electrons. The molecular formula is C24H26N4O4. The topological polar surface area (TPSA) is 88.7 Å². The van der Waals surface area contributed by atoms with E-state index in [2.05, 4.69) is 5.10 Å². The minimum Gasteiger partial charge on any atom is -0.459 e. The minimum atomic E-state index is -0.182. The van der Waals surface area contributed by atoms with Gasteiger partial charge in [0.2, 0.25) is 5.91 Å². The maximum absolute atomic E-state index is 12.6. The molecule has 4 rings (SSSR count). The van der Waals surface area contributed by atoms with E-state index >= 15 is 0 Å². The zero-order valence-electron chi connectivity index (χ0n) is 18.1. The van der Waals surface area contributed by atoms with Crippen LogP contribution in [0.3, 0.4) is 0 Å². The number of aryl methyl sites for hydroxylation is 2. The molecule has 1 aromatic carbocycles. The highest BCUT2D eigenvalue weighted by atomic mass is 16.3. The second-order valence-corrected chi connectivity index (χ2v) is 7.90. The summed E-state index contributed by atoms with van der Waals surface area (Å²) in [5.41, 5.74) is 2.65. The van der Waals surface area contributed by atoms with E-state index in [1.807, 2.05) is 31.2 Å². The Morgan fingerprint density at radius 2 is 1.69 bits per heavy atom. The highest BCUT2D eigenvalue weighted by Gasteiger charge is 2.25. The van der Waals surface area contributed by atoms with Gasteiger partial charge in [-0.15, -0.1) is 0 Å². The van der Waals surface area contributed by atoms with Crippen LogP contribution in [0, 0.1) is 6.92 Å². The molecule has 1 fully saturated rings. The number of nitrogens with zero attached hydrogens (tertiary/aromatic N) is 4. The molecule has 0 atom stereocenters. The number of rotatable bonds is 6. The van der Waals surface area contributed by atoms with Crippen LogP contribution < -0.4 is 5.56 Å². The third kappa shape index (κ3) is 4.96. The maximum Gasteiger partial charge on any atom is 0.289 e.